The summed E-state index contributed by atoms with van der Waals surface area (Å²) >= 11 is 0. The van der Waals surface area contributed by atoms with E-state index < -0.39 is 18.3 Å². The maximum Gasteiger partial charge on any atom is 0.305 e. The maximum atomic E-state index is 12.4. The van der Waals surface area contributed by atoms with Gasteiger partial charge in [-0.15, -0.1) is 0 Å². The first kappa shape index (κ1) is 44.3. The molecule has 1 aliphatic rings. The number of ketones is 1. The molecule has 0 spiro atoms. The van der Waals surface area contributed by atoms with Crippen molar-refractivity contribution in [2.24, 2.45) is 11.8 Å². The number of carbonyl (C=O) groups is 3. The van der Waals surface area contributed by atoms with Crippen molar-refractivity contribution in [1.82, 2.24) is 0 Å². The number of hydrogen-bond acceptors (Lipinski definition) is 8. The lowest BCUT2D eigenvalue weighted by molar-refractivity contribution is -0.152. The molecule has 1 aliphatic carbocycles. The second kappa shape index (κ2) is 30.1. The minimum Gasteiger partial charge on any atom is -0.463 e. The van der Waals surface area contributed by atoms with Crippen molar-refractivity contribution in [3.63, 3.8) is 0 Å². The van der Waals surface area contributed by atoms with Gasteiger partial charge in [0.25, 0.3) is 0 Å². The number of rotatable bonds is 32. The average molecular weight is 681 g/mol. The number of unbranched alkanes of at least 4 members (excludes halogenated alkanes) is 18. The Hall–Kier alpha value is -1.77. The number of ether oxygens (including phenoxy) is 2. The van der Waals surface area contributed by atoms with Crippen LogP contribution in [0.2, 0.25) is 0 Å². The minimum absolute atomic E-state index is 0.0363. The van der Waals surface area contributed by atoms with Crippen LogP contribution >= 0.6 is 0 Å². The van der Waals surface area contributed by atoms with E-state index in [1.54, 1.807) is 12.2 Å². The van der Waals surface area contributed by atoms with Crippen molar-refractivity contribution in [1.29, 1.82) is 0 Å². The Morgan fingerprint density at radius 1 is 0.688 bits per heavy atom. The van der Waals surface area contributed by atoms with Gasteiger partial charge in [-0.25, -0.2) is 0 Å². The summed E-state index contributed by atoms with van der Waals surface area (Å²) in [6.45, 7) is 4.01. The zero-order valence-electron chi connectivity index (χ0n) is 30.7. The zero-order valence-corrected chi connectivity index (χ0v) is 30.7. The first-order valence-electron chi connectivity index (χ1n) is 19.8. The third-order valence-electron chi connectivity index (χ3n) is 9.66. The predicted molar refractivity (Wildman–Crippen MR) is 192 cm³/mol. The van der Waals surface area contributed by atoms with E-state index in [4.69, 9.17) is 9.47 Å². The molecule has 0 saturated heterocycles. The number of hydrogen-bond donors (Lipinski definition) is 3. The molecule has 1 saturated carbocycles. The number of Topliss-reactive ketones (excluding diaryl/α,β-unsaturated/α-hetero) is 1. The third kappa shape index (κ3) is 23.6. The van der Waals surface area contributed by atoms with Gasteiger partial charge in [0, 0.05) is 25.2 Å². The van der Waals surface area contributed by atoms with Crippen LogP contribution in [0.15, 0.2) is 12.2 Å². The molecule has 0 radical (unpaired) electrons. The van der Waals surface area contributed by atoms with Crippen molar-refractivity contribution >= 4 is 17.7 Å². The molecule has 5 atom stereocenters. The van der Waals surface area contributed by atoms with Crippen LogP contribution in [0.5, 0.6) is 0 Å². The molecule has 48 heavy (non-hydrogen) atoms. The minimum atomic E-state index is -1.03. The first-order chi connectivity index (χ1) is 23.3. The van der Waals surface area contributed by atoms with Crippen LogP contribution in [-0.2, 0) is 23.9 Å². The van der Waals surface area contributed by atoms with Gasteiger partial charge in [-0.3, -0.25) is 14.4 Å². The zero-order chi connectivity index (χ0) is 35.2. The molecule has 0 aliphatic heterocycles. The lowest BCUT2D eigenvalue weighted by Crippen LogP contribution is -2.25. The summed E-state index contributed by atoms with van der Waals surface area (Å²) in [5.41, 5.74) is 0. The molecule has 0 bridgehead atoms. The van der Waals surface area contributed by atoms with E-state index in [-0.39, 0.29) is 55.6 Å². The molecule has 3 N–H and O–H groups in total. The molecule has 0 aromatic rings. The highest BCUT2D eigenvalue weighted by molar-refractivity contribution is 5.86. The van der Waals surface area contributed by atoms with E-state index in [0.717, 1.165) is 64.2 Å². The summed E-state index contributed by atoms with van der Waals surface area (Å²) in [4.78, 5) is 36.5. The highest BCUT2D eigenvalue weighted by Gasteiger charge is 2.39. The van der Waals surface area contributed by atoms with E-state index in [2.05, 4.69) is 13.8 Å². The van der Waals surface area contributed by atoms with Crippen molar-refractivity contribution in [3.8, 4) is 0 Å². The van der Waals surface area contributed by atoms with Gasteiger partial charge in [0.1, 0.15) is 25.1 Å². The lowest BCUT2D eigenvalue weighted by Gasteiger charge is -2.19. The molecule has 1 fully saturated rings. The number of allylic oxidation sites excluding steroid dienone is 1. The highest BCUT2D eigenvalue weighted by Crippen LogP contribution is 2.34. The van der Waals surface area contributed by atoms with Crippen LogP contribution in [0.25, 0.3) is 0 Å². The molecule has 0 unspecified atom stereocenters. The summed E-state index contributed by atoms with van der Waals surface area (Å²) in [5.74, 6) is -1.14. The van der Waals surface area contributed by atoms with Gasteiger partial charge in [0.2, 0.25) is 0 Å². The number of esters is 2. The molecule has 0 aromatic heterocycles. The van der Waals surface area contributed by atoms with Crippen LogP contribution in [0, 0.1) is 11.8 Å². The van der Waals surface area contributed by atoms with Gasteiger partial charge in [0.15, 0.2) is 0 Å². The second-order valence-corrected chi connectivity index (χ2v) is 14.2. The summed E-state index contributed by atoms with van der Waals surface area (Å²) in [6, 6.07) is 0. The van der Waals surface area contributed by atoms with Gasteiger partial charge < -0.3 is 24.8 Å². The Morgan fingerprint density at radius 3 is 1.62 bits per heavy atom. The Kier molecular flexibility index (Phi) is 27.7. The summed E-state index contributed by atoms with van der Waals surface area (Å²) in [6.07, 6.45) is 27.4. The van der Waals surface area contributed by atoms with Crippen LogP contribution in [-0.4, -0.2) is 64.6 Å². The van der Waals surface area contributed by atoms with Crippen molar-refractivity contribution < 1.29 is 39.2 Å². The molecule has 0 heterocycles. The lowest BCUT2D eigenvalue weighted by atomic mass is 9.88. The van der Waals surface area contributed by atoms with E-state index >= 15 is 0 Å². The third-order valence-corrected chi connectivity index (χ3v) is 9.66. The molecule has 8 heteroatoms. The fourth-order valence-electron chi connectivity index (χ4n) is 6.58. The van der Waals surface area contributed by atoms with Gasteiger partial charge in [0.05, 0.1) is 12.2 Å². The largest absolute Gasteiger partial charge is 0.463 e. The predicted octanol–water partition coefficient (Wildman–Crippen LogP) is 8.71. The quantitative estimate of drug-likeness (QED) is 0.0365. The van der Waals surface area contributed by atoms with Gasteiger partial charge in [-0.05, 0) is 31.6 Å². The molecule has 0 aromatic carbocycles. The van der Waals surface area contributed by atoms with E-state index in [0.29, 0.717) is 19.3 Å². The standard InChI is InChI=1S/C40H72O8/c1-3-5-7-8-9-10-11-12-13-14-15-16-17-22-26-39(45)47-31-34(42)32-48-40(46)27-23-19-18-21-25-35-36(38(44)30-37(35)43)29-28-33(41)24-20-6-4-2/h28-29,33-37,41-43H,3-27,30-32H2,1-2H3/b29-28+/t33-,34+,35+,36+,37-/m0/s1. The molecule has 1 rings (SSSR count). The second-order valence-electron chi connectivity index (χ2n) is 14.2. The van der Waals surface area contributed by atoms with Gasteiger partial charge >= 0.3 is 11.9 Å². The summed E-state index contributed by atoms with van der Waals surface area (Å²) in [7, 11) is 0. The first-order valence-corrected chi connectivity index (χ1v) is 19.8. The highest BCUT2D eigenvalue weighted by atomic mass is 16.6. The Balaban J connectivity index is 2.01. The van der Waals surface area contributed by atoms with E-state index in [9.17, 15) is 29.7 Å². The van der Waals surface area contributed by atoms with Crippen molar-refractivity contribution in [2.45, 2.75) is 199 Å². The molecular weight excluding hydrogens is 608 g/mol. The normalized spacial score (nSPS) is 19.2. The monoisotopic (exact) mass is 681 g/mol. The SMILES string of the molecule is CCCCCCCCCCCCCCCCC(=O)OC[C@@H](O)COC(=O)CCCCCC[C@H]1[C@@H](O)CC(=O)[C@@H]1/C=C/[C@@H](O)CCCCC. The molecular formula is C40H72O8. The molecule has 280 valence electrons. The van der Waals surface area contributed by atoms with E-state index in [1.807, 2.05) is 0 Å². The topological polar surface area (TPSA) is 130 Å². The Morgan fingerprint density at radius 2 is 1.12 bits per heavy atom. The maximum absolute atomic E-state index is 12.4. The van der Waals surface area contributed by atoms with Gasteiger partial charge in [-0.2, -0.15) is 0 Å². The van der Waals surface area contributed by atoms with Crippen LogP contribution in [0.4, 0.5) is 0 Å². The smallest absolute Gasteiger partial charge is 0.305 e. The number of carbonyl (C=O) groups excluding carboxylic acids is 3. The Bertz CT molecular complexity index is 843. The fourth-order valence-corrected chi connectivity index (χ4v) is 6.58. The van der Waals surface area contributed by atoms with Crippen LogP contribution in [0.3, 0.4) is 0 Å². The van der Waals surface area contributed by atoms with Gasteiger partial charge in [-0.1, -0.05) is 148 Å². The number of aliphatic hydroxyl groups is 3. The molecule has 0 amide bonds. The molecule has 8 nitrogen and oxygen atoms in total. The fraction of sp³-hybridized carbons (Fsp3) is 0.875. The average Bonchev–Trinajstić information content (AvgIpc) is 3.34. The summed E-state index contributed by atoms with van der Waals surface area (Å²) in [5, 5.41) is 30.6. The number of aliphatic hydroxyl groups excluding tert-OH is 3. The van der Waals surface area contributed by atoms with Crippen molar-refractivity contribution in [3.05, 3.63) is 12.2 Å². The summed E-state index contributed by atoms with van der Waals surface area (Å²) < 4.78 is 10.3. The van der Waals surface area contributed by atoms with E-state index in [1.165, 1.54) is 70.6 Å². The van der Waals surface area contributed by atoms with Crippen LogP contribution < -0.4 is 0 Å². The van der Waals surface area contributed by atoms with Crippen LogP contribution in [0.1, 0.15) is 181 Å². The Labute approximate surface area is 292 Å². The van der Waals surface area contributed by atoms with Crippen molar-refractivity contribution in [2.75, 3.05) is 13.2 Å².